The van der Waals surface area contributed by atoms with E-state index in [1.54, 1.807) is 6.07 Å². The number of aryl methyl sites for hydroxylation is 2. The molecule has 1 aliphatic heterocycles. The number of hydrogen-bond donors (Lipinski definition) is 0. The summed E-state index contributed by atoms with van der Waals surface area (Å²) in [7, 11) is 0. The van der Waals surface area contributed by atoms with Gasteiger partial charge in [0.05, 0.1) is 10.5 Å². The molecule has 7 heteroatoms. The zero-order valence-electron chi connectivity index (χ0n) is 16.5. The van der Waals surface area contributed by atoms with Gasteiger partial charge in [-0.2, -0.15) is 0 Å². The summed E-state index contributed by atoms with van der Waals surface area (Å²) in [6.07, 6.45) is 0.716. The Kier molecular flexibility index (Phi) is 5.61. The van der Waals surface area contributed by atoms with Crippen LogP contribution in [0.4, 0.5) is 5.82 Å². The van der Waals surface area contributed by atoms with Crippen molar-refractivity contribution in [2.45, 2.75) is 20.3 Å². The van der Waals surface area contributed by atoms with Crippen molar-refractivity contribution in [3.05, 3.63) is 63.4 Å². The minimum absolute atomic E-state index is 0.0672. The van der Waals surface area contributed by atoms with E-state index in [9.17, 15) is 4.79 Å². The molecule has 0 atom stereocenters. The Morgan fingerprint density at radius 2 is 1.72 bits per heavy atom. The molecule has 0 saturated carbocycles. The van der Waals surface area contributed by atoms with Gasteiger partial charge in [0.25, 0.3) is 5.91 Å². The van der Waals surface area contributed by atoms with E-state index in [-0.39, 0.29) is 5.91 Å². The van der Waals surface area contributed by atoms with Crippen LogP contribution < -0.4 is 4.90 Å². The maximum Gasteiger partial charge on any atom is 0.253 e. The van der Waals surface area contributed by atoms with Crippen LogP contribution in [0, 0.1) is 6.92 Å². The number of carbonyl (C=O) groups excluding carboxylic acids is 1. The van der Waals surface area contributed by atoms with Gasteiger partial charge in [-0.25, -0.2) is 9.97 Å². The fraction of sp³-hybridized carbons (Fsp3) is 0.318. The zero-order valence-corrected chi connectivity index (χ0v) is 18.0. The Bertz CT molecular complexity index is 1060. The van der Waals surface area contributed by atoms with Gasteiger partial charge in [0.15, 0.2) is 0 Å². The Morgan fingerprint density at radius 1 is 1.03 bits per heavy atom. The number of anilines is 1. The molecule has 29 heavy (non-hydrogen) atoms. The molecule has 0 N–H and O–H groups in total. The molecule has 1 fully saturated rings. The average molecular weight is 429 g/mol. The largest absolute Gasteiger partial charge is 0.352 e. The van der Waals surface area contributed by atoms with Crippen molar-refractivity contribution < 1.29 is 4.79 Å². The van der Waals surface area contributed by atoms with Crippen molar-refractivity contribution in [3.8, 4) is 0 Å². The Hall–Kier alpha value is -2.37. The number of piperazine rings is 1. The molecule has 1 aromatic heterocycles. The molecule has 0 bridgehead atoms. The highest BCUT2D eigenvalue weighted by Gasteiger charge is 2.25. The summed E-state index contributed by atoms with van der Waals surface area (Å²) in [6.45, 7) is 6.69. The molecule has 4 rings (SSSR count). The summed E-state index contributed by atoms with van der Waals surface area (Å²) in [5, 5.41) is 1.93. The van der Waals surface area contributed by atoms with Crippen LogP contribution in [0.5, 0.6) is 0 Å². The molecule has 5 nitrogen and oxygen atoms in total. The number of benzene rings is 2. The number of carbonyl (C=O) groups is 1. The SMILES string of the molecule is CCc1nc(N2CCN(C(=O)c3ccc(C)cc3)CC2)c2cc(Cl)cc(Cl)c2n1. The molecule has 1 amide bonds. The third kappa shape index (κ3) is 4.02. The molecular weight excluding hydrogens is 407 g/mol. The number of rotatable bonds is 3. The van der Waals surface area contributed by atoms with E-state index in [4.69, 9.17) is 28.2 Å². The van der Waals surface area contributed by atoms with Crippen LogP contribution in [0.15, 0.2) is 36.4 Å². The van der Waals surface area contributed by atoms with Crippen LogP contribution in [0.3, 0.4) is 0 Å². The van der Waals surface area contributed by atoms with Crippen molar-refractivity contribution >= 4 is 45.8 Å². The second-order valence-electron chi connectivity index (χ2n) is 7.25. The minimum atomic E-state index is 0.0672. The summed E-state index contributed by atoms with van der Waals surface area (Å²) in [4.78, 5) is 26.2. The number of halogens is 2. The van der Waals surface area contributed by atoms with Gasteiger partial charge >= 0.3 is 0 Å². The zero-order chi connectivity index (χ0) is 20.5. The summed E-state index contributed by atoms with van der Waals surface area (Å²) in [6, 6.07) is 11.3. The molecule has 0 aliphatic carbocycles. The summed E-state index contributed by atoms with van der Waals surface area (Å²) in [5.74, 6) is 1.64. The average Bonchev–Trinajstić information content (AvgIpc) is 2.73. The van der Waals surface area contributed by atoms with Gasteiger partial charge in [0, 0.05) is 48.6 Å². The normalized spacial score (nSPS) is 14.5. The molecule has 1 aliphatic rings. The van der Waals surface area contributed by atoms with Crippen LogP contribution >= 0.6 is 23.2 Å². The number of nitrogens with zero attached hydrogens (tertiary/aromatic N) is 4. The topological polar surface area (TPSA) is 49.3 Å². The van der Waals surface area contributed by atoms with Gasteiger partial charge in [-0.1, -0.05) is 47.8 Å². The molecule has 150 valence electrons. The maximum absolute atomic E-state index is 12.8. The summed E-state index contributed by atoms with van der Waals surface area (Å²) < 4.78 is 0. The summed E-state index contributed by atoms with van der Waals surface area (Å²) in [5.41, 5.74) is 2.59. The van der Waals surface area contributed by atoms with E-state index in [0.717, 1.165) is 33.7 Å². The highest BCUT2D eigenvalue weighted by molar-refractivity contribution is 6.38. The number of amides is 1. The Balaban J connectivity index is 1.59. The second-order valence-corrected chi connectivity index (χ2v) is 8.09. The van der Waals surface area contributed by atoms with Crippen LogP contribution in [0.2, 0.25) is 10.0 Å². The number of fused-ring (bicyclic) bond motifs is 1. The fourth-order valence-electron chi connectivity index (χ4n) is 3.59. The smallest absolute Gasteiger partial charge is 0.253 e. The van der Waals surface area contributed by atoms with Crippen molar-refractivity contribution in [1.82, 2.24) is 14.9 Å². The predicted molar refractivity (Wildman–Crippen MR) is 118 cm³/mol. The molecular formula is C22H22Cl2N4O. The Labute approximate surface area is 180 Å². The predicted octanol–water partition coefficient (Wildman–Crippen LogP) is 4.77. The van der Waals surface area contributed by atoms with Crippen LogP contribution in [-0.4, -0.2) is 47.0 Å². The van der Waals surface area contributed by atoms with E-state index < -0.39 is 0 Å². The Morgan fingerprint density at radius 3 is 2.38 bits per heavy atom. The molecule has 0 unspecified atom stereocenters. The van der Waals surface area contributed by atoms with Crippen LogP contribution in [0.25, 0.3) is 10.9 Å². The first-order chi connectivity index (χ1) is 14.0. The van der Waals surface area contributed by atoms with E-state index in [0.29, 0.717) is 42.6 Å². The van der Waals surface area contributed by atoms with Gasteiger partial charge in [0.2, 0.25) is 0 Å². The van der Waals surface area contributed by atoms with Gasteiger partial charge in [-0.05, 0) is 31.2 Å². The van der Waals surface area contributed by atoms with Crippen LogP contribution in [-0.2, 0) is 6.42 Å². The highest BCUT2D eigenvalue weighted by atomic mass is 35.5. The summed E-state index contributed by atoms with van der Waals surface area (Å²) >= 11 is 12.6. The first kappa shape index (κ1) is 19.9. The first-order valence-electron chi connectivity index (χ1n) is 9.73. The molecule has 2 heterocycles. The van der Waals surface area contributed by atoms with Crippen molar-refractivity contribution in [2.75, 3.05) is 31.1 Å². The monoisotopic (exact) mass is 428 g/mol. The van der Waals surface area contributed by atoms with E-state index in [2.05, 4.69) is 9.88 Å². The third-order valence-corrected chi connectivity index (χ3v) is 5.73. The van der Waals surface area contributed by atoms with Crippen molar-refractivity contribution in [2.24, 2.45) is 0 Å². The minimum Gasteiger partial charge on any atom is -0.352 e. The quantitative estimate of drug-likeness (QED) is 0.602. The second kappa shape index (κ2) is 8.17. The van der Waals surface area contributed by atoms with E-state index >= 15 is 0 Å². The number of hydrogen-bond acceptors (Lipinski definition) is 4. The lowest BCUT2D eigenvalue weighted by Crippen LogP contribution is -2.49. The van der Waals surface area contributed by atoms with Gasteiger partial charge < -0.3 is 9.80 Å². The van der Waals surface area contributed by atoms with Crippen molar-refractivity contribution in [3.63, 3.8) is 0 Å². The van der Waals surface area contributed by atoms with Crippen LogP contribution in [0.1, 0.15) is 28.7 Å². The first-order valence-corrected chi connectivity index (χ1v) is 10.5. The molecule has 1 saturated heterocycles. The maximum atomic E-state index is 12.8. The van der Waals surface area contributed by atoms with Gasteiger partial charge in [-0.3, -0.25) is 4.79 Å². The van der Waals surface area contributed by atoms with E-state index in [1.807, 2.05) is 49.1 Å². The standard InChI is InChI=1S/C22H22Cl2N4O/c1-3-19-25-20-17(12-16(23)13-18(20)24)21(26-19)27-8-10-28(11-9-27)22(29)15-6-4-14(2)5-7-15/h4-7,12-13H,3,8-11H2,1-2H3. The van der Waals surface area contributed by atoms with Gasteiger partial charge in [-0.15, -0.1) is 0 Å². The molecule has 0 spiro atoms. The molecule has 3 aromatic rings. The highest BCUT2D eigenvalue weighted by Crippen LogP contribution is 2.32. The third-order valence-electron chi connectivity index (χ3n) is 5.23. The molecule has 0 radical (unpaired) electrons. The fourth-order valence-corrected chi connectivity index (χ4v) is 4.12. The van der Waals surface area contributed by atoms with E-state index in [1.165, 1.54) is 0 Å². The molecule has 2 aromatic carbocycles. The lowest BCUT2D eigenvalue weighted by Gasteiger charge is -2.36. The lowest BCUT2D eigenvalue weighted by molar-refractivity contribution is 0.0746. The van der Waals surface area contributed by atoms with Crippen molar-refractivity contribution in [1.29, 1.82) is 0 Å². The number of aromatic nitrogens is 2. The lowest BCUT2D eigenvalue weighted by atomic mass is 10.1. The van der Waals surface area contributed by atoms with Gasteiger partial charge in [0.1, 0.15) is 11.6 Å².